The fraction of sp³-hybridized carbons (Fsp3) is 0.244. The van der Waals surface area contributed by atoms with Crippen LogP contribution >= 0.6 is 11.6 Å². The van der Waals surface area contributed by atoms with E-state index in [1.807, 2.05) is 76.2 Å². The summed E-state index contributed by atoms with van der Waals surface area (Å²) in [5.74, 6) is 20.0. The van der Waals surface area contributed by atoms with Crippen molar-refractivity contribution in [2.45, 2.75) is 66.3 Å². The first kappa shape index (κ1) is 34.6. The lowest BCUT2D eigenvalue weighted by Gasteiger charge is -2.20. The zero-order valence-electron chi connectivity index (χ0n) is 27.7. The molecule has 2 atom stereocenters. The van der Waals surface area contributed by atoms with Gasteiger partial charge in [-0.25, -0.2) is 4.79 Å². The second-order valence-corrected chi connectivity index (χ2v) is 12.5. The van der Waals surface area contributed by atoms with Crippen LogP contribution in [0.1, 0.15) is 68.0 Å². The highest BCUT2D eigenvalue weighted by atomic mass is 35.5. The van der Waals surface area contributed by atoms with Crippen LogP contribution in [-0.2, 0) is 4.74 Å². The first-order valence-electron chi connectivity index (χ1n) is 15.3. The van der Waals surface area contributed by atoms with E-state index in [4.69, 9.17) is 25.8 Å². The number of aryl methyl sites for hydroxylation is 2. The van der Waals surface area contributed by atoms with Crippen LogP contribution in [-0.4, -0.2) is 23.9 Å². The van der Waals surface area contributed by atoms with Crippen molar-refractivity contribution in [2.75, 3.05) is 5.32 Å². The van der Waals surface area contributed by atoms with E-state index < -0.39 is 23.9 Å². The van der Waals surface area contributed by atoms with Crippen LogP contribution in [0.2, 0.25) is 5.02 Å². The maximum absolute atomic E-state index is 12.5. The average molecular weight is 644 g/mol. The lowest BCUT2D eigenvalue weighted by atomic mass is 10.1. The molecule has 5 nitrogen and oxygen atoms in total. The fourth-order valence-electron chi connectivity index (χ4n) is 4.15. The van der Waals surface area contributed by atoms with Crippen LogP contribution in [0.25, 0.3) is 0 Å². The van der Waals surface area contributed by atoms with Gasteiger partial charge < -0.3 is 14.2 Å². The van der Waals surface area contributed by atoms with E-state index in [0.717, 1.165) is 11.1 Å². The molecule has 0 aromatic heterocycles. The molecule has 0 aliphatic heterocycles. The maximum atomic E-state index is 12.5. The molecule has 0 fully saturated rings. The normalized spacial score (nSPS) is 11.7. The minimum absolute atomic E-state index is 0.411. The van der Waals surface area contributed by atoms with Crippen LogP contribution in [0.15, 0.2) is 84.9 Å². The Kier molecular flexibility index (Phi) is 11.6. The number of halogens is 1. The minimum Gasteiger partial charge on any atom is -0.477 e. The molecule has 1 N–H and O–H groups in total. The third-order valence-electron chi connectivity index (χ3n) is 6.45. The van der Waals surface area contributed by atoms with E-state index in [9.17, 15) is 4.79 Å². The molecule has 0 aliphatic rings. The van der Waals surface area contributed by atoms with Gasteiger partial charge in [0.15, 0.2) is 12.2 Å². The molecule has 1 amide bonds. The molecule has 0 saturated heterocycles. The highest BCUT2D eigenvalue weighted by Gasteiger charge is 2.17. The lowest BCUT2D eigenvalue weighted by molar-refractivity contribution is 0.0636. The third-order valence-corrected chi connectivity index (χ3v) is 6.68. The summed E-state index contributed by atoms with van der Waals surface area (Å²) in [7, 11) is 0. The number of rotatable bonds is 5. The van der Waals surface area contributed by atoms with Gasteiger partial charge in [-0.1, -0.05) is 82.5 Å². The first-order valence-corrected chi connectivity index (χ1v) is 15.7. The Balaban J connectivity index is 1.63. The van der Waals surface area contributed by atoms with Crippen molar-refractivity contribution in [2.24, 2.45) is 0 Å². The van der Waals surface area contributed by atoms with Gasteiger partial charge in [0.05, 0.1) is 11.1 Å². The monoisotopic (exact) mass is 643 g/mol. The number of hydrogen-bond donors (Lipinski definition) is 1. The van der Waals surface area contributed by atoms with Gasteiger partial charge in [-0.2, -0.15) is 0 Å². The van der Waals surface area contributed by atoms with Crippen molar-refractivity contribution < 1.29 is 19.0 Å². The molecule has 0 heterocycles. The van der Waals surface area contributed by atoms with Gasteiger partial charge in [0.25, 0.3) is 0 Å². The molecule has 0 bridgehead atoms. The Morgan fingerprint density at radius 1 is 0.681 bits per heavy atom. The van der Waals surface area contributed by atoms with E-state index in [-0.39, 0.29) is 0 Å². The number of ether oxygens (including phenoxy) is 3. The van der Waals surface area contributed by atoms with Crippen LogP contribution in [0.3, 0.4) is 0 Å². The van der Waals surface area contributed by atoms with Crippen molar-refractivity contribution in [3.63, 3.8) is 0 Å². The van der Waals surface area contributed by atoms with Crippen LogP contribution < -0.4 is 14.8 Å². The van der Waals surface area contributed by atoms with Gasteiger partial charge in [-0.15, -0.1) is 0 Å². The Labute approximate surface area is 283 Å². The maximum Gasteiger partial charge on any atom is 0.412 e. The highest BCUT2D eigenvalue weighted by Crippen LogP contribution is 2.26. The number of anilines is 1. The number of carbonyl (C=O) groups excluding carboxylic acids is 1. The summed E-state index contributed by atoms with van der Waals surface area (Å²) in [6.07, 6.45) is -1.43. The van der Waals surface area contributed by atoms with Crippen LogP contribution in [0, 0.1) is 49.4 Å². The van der Waals surface area contributed by atoms with Gasteiger partial charge >= 0.3 is 6.09 Å². The number of amides is 1. The number of nitrogens with one attached hydrogen (secondary N) is 1. The van der Waals surface area contributed by atoms with Crippen LogP contribution in [0.5, 0.6) is 11.5 Å². The standard InChI is InChI=1S/C41H38ClNO4/c1-28-8-14-32(15-9-28)18-12-30(3)45-38-24-22-36(42)26-34(38)20-21-35-27-37(43-40(44)47-41(5,6)7)23-25-39(35)46-31(4)13-19-33-16-10-29(2)11-17-33/h8-11,14-17,22-27,30-31H,1-7H3,(H,43,44)/t30-,31-/m1/s1. The molecule has 238 valence electrons. The van der Waals surface area contributed by atoms with Gasteiger partial charge in [-0.05, 0) is 109 Å². The number of benzene rings is 4. The largest absolute Gasteiger partial charge is 0.477 e. The summed E-state index contributed by atoms with van der Waals surface area (Å²) in [6.45, 7) is 13.2. The second-order valence-electron chi connectivity index (χ2n) is 12.0. The molecule has 0 radical (unpaired) electrons. The van der Waals surface area contributed by atoms with Crippen molar-refractivity contribution in [3.05, 3.63) is 123 Å². The summed E-state index contributed by atoms with van der Waals surface area (Å²) in [5.41, 5.74) is 5.10. The lowest BCUT2D eigenvalue weighted by Crippen LogP contribution is -2.27. The first-order chi connectivity index (χ1) is 22.3. The zero-order valence-corrected chi connectivity index (χ0v) is 28.5. The van der Waals surface area contributed by atoms with Crippen molar-refractivity contribution >= 4 is 23.4 Å². The predicted octanol–water partition coefficient (Wildman–Crippen LogP) is 9.34. The Morgan fingerprint density at radius 2 is 1.15 bits per heavy atom. The number of carbonyl (C=O) groups is 1. The van der Waals surface area contributed by atoms with Crippen molar-refractivity contribution in [3.8, 4) is 47.0 Å². The Bertz CT molecular complexity index is 1910. The number of hydrogen-bond acceptors (Lipinski definition) is 4. The molecule has 6 heteroatoms. The Morgan fingerprint density at radius 3 is 1.64 bits per heavy atom. The molecule has 0 unspecified atom stereocenters. The van der Waals surface area contributed by atoms with Gasteiger partial charge in [0.1, 0.15) is 17.1 Å². The van der Waals surface area contributed by atoms with E-state index in [0.29, 0.717) is 33.3 Å². The van der Waals surface area contributed by atoms with E-state index in [1.54, 1.807) is 57.2 Å². The van der Waals surface area contributed by atoms with Crippen molar-refractivity contribution in [1.82, 2.24) is 0 Å². The molecule has 0 saturated carbocycles. The smallest absolute Gasteiger partial charge is 0.412 e. The Hall–Kier alpha value is -5.28. The molecule has 0 aliphatic carbocycles. The predicted molar refractivity (Wildman–Crippen MR) is 190 cm³/mol. The summed E-state index contributed by atoms with van der Waals surface area (Å²) in [5, 5.41) is 3.28. The quantitative estimate of drug-likeness (QED) is 0.220. The zero-order chi connectivity index (χ0) is 34.0. The molecule has 47 heavy (non-hydrogen) atoms. The van der Waals surface area contributed by atoms with E-state index in [2.05, 4.69) is 40.8 Å². The molecule has 4 aromatic rings. The fourth-order valence-corrected chi connectivity index (χ4v) is 4.32. The average Bonchev–Trinajstić information content (AvgIpc) is 3.00. The molecular formula is C41H38ClNO4. The van der Waals surface area contributed by atoms with Gasteiger partial charge in [-0.3, -0.25) is 5.32 Å². The minimum atomic E-state index is -0.647. The third kappa shape index (κ3) is 11.5. The topological polar surface area (TPSA) is 56.8 Å². The van der Waals surface area contributed by atoms with E-state index >= 15 is 0 Å². The summed E-state index contributed by atoms with van der Waals surface area (Å²) in [6, 6.07) is 26.5. The second kappa shape index (κ2) is 15.8. The molecular weight excluding hydrogens is 606 g/mol. The summed E-state index contributed by atoms with van der Waals surface area (Å²) >= 11 is 6.37. The highest BCUT2D eigenvalue weighted by molar-refractivity contribution is 6.30. The van der Waals surface area contributed by atoms with E-state index in [1.165, 1.54) is 11.1 Å². The summed E-state index contributed by atoms with van der Waals surface area (Å²) in [4.78, 5) is 12.5. The molecule has 0 spiro atoms. The summed E-state index contributed by atoms with van der Waals surface area (Å²) < 4.78 is 17.8. The molecule has 4 aromatic carbocycles. The molecule has 4 rings (SSSR count). The van der Waals surface area contributed by atoms with Crippen LogP contribution in [0.4, 0.5) is 10.5 Å². The van der Waals surface area contributed by atoms with Gasteiger partial charge in [0, 0.05) is 21.8 Å². The van der Waals surface area contributed by atoms with Gasteiger partial charge in [0.2, 0.25) is 0 Å². The SMILES string of the molecule is Cc1ccc(C#C[C@@H](C)Oc2ccc(Cl)cc2C#Cc2cc(NC(=O)OC(C)(C)C)ccc2O[C@H](C)C#Cc2ccc(C)cc2)cc1. The van der Waals surface area contributed by atoms with Crippen molar-refractivity contribution in [1.29, 1.82) is 0 Å².